The topological polar surface area (TPSA) is 84.9 Å². The number of carbonyl (C=O) groups is 2. The predicted molar refractivity (Wildman–Crippen MR) is 106 cm³/mol. The average Bonchev–Trinajstić information content (AvgIpc) is 2.70. The maximum absolute atomic E-state index is 11.4. The van der Waals surface area contributed by atoms with Gasteiger partial charge in [-0.1, -0.05) is 18.2 Å². The number of benzene rings is 1. The number of hydrogen-bond acceptors (Lipinski definition) is 4. The molecular formula is C20H28BNO5. The van der Waals surface area contributed by atoms with Crippen LogP contribution in [0.2, 0.25) is 0 Å². The van der Waals surface area contributed by atoms with Crippen LogP contribution in [0, 0.1) is 13.8 Å². The Morgan fingerprint density at radius 3 is 2.00 bits per heavy atom. The van der Waals surface area contributed by atoms with Gasteiger partial charge in [0, 0.05) is 13.5 Å². The van der Waals surface area contributed by atoms with Crippen LogP contribution in [0.5, 0.6) is 0 Å². The van der Waals surface area contributed by atoms with Crippen molar-refractivity contribution in [2.75, 3.05) is 6.54 Å². The zero-order chi connectivity index (χ0) is 20.6. The molecule has 1 aromatic carbocycles. The van der Waals surface area contributed by atoms with Crippen LogP contribution in [0.3, 0.4) is 0 Å². The number of hydrogen-bond donors (Lipinski definition) is 2. The molecule has 27 heavy (non-hydrogen) atoms. The maximum Gasteiger partial charge on any atom is 0.492 e. The lowest BCUT2D eigenvalue weighted by molar-refractivity contribution is -0.118. The van der Waals surface area contributed by atoms with Crippen molar-refractivity contribution < 1.29 is 24.0 Å². The lowest BCUT2D eigenvalue weighted by Crippen LogP contribution is -2.41. The summed E-state index contributed by atoms with van der Waals surface area (Å²) in [5.41, 5.74) is 2.29. The molecule has 0 atom stereocenters. The summed E-state index contributed by atoms with van der Waals surface area (Å²) in [6.45, 7) is 13.2. The maximum atomic E-state index is 11.4. The Hall–Kier alpha value is -2.12. The molecule has 7 heteroatoms. The number of amides is 1. The van der Waals surface area contributed by atoms with Gasteiger partial charge >= 0.3 is 13.1 Å². The molecule has 1 aromatic rings. The second-order valence-corrected chi connectivity index (χ2v) is 8.05. The van der Waals surface area contributed by atoms with Crippen molar-refractivity contribution in [2.24, 2.45) is 0 Å². The Balaban J connectivity index is 2.43. The van der Waals surface area contributed by atoms with Crippen molar-refractivity contribution in [3.63, 3.8) is 0 Å². The zero-order valence-electron chi connectivity index (χ0n) is 17.1. The van der Waals surface area contributed by atoms with Crippen molar-refractivity contribution in [2.45, 2.75) is 59.7 Å². The van der Waals surface area contributed by atoms with E-state index in [9.17, 15) is 14.7 Å². The van der Waals surface area contributed by atoms with E-state index in [4.69, 9.17) is 9.31 Å². The van der Waals surface area contributed by atoms with Crippen molar-refractivity contribution in [1.29, 1.82) is 0 Å². The van der Waals surface area contributed by atoms with Crippen molar-refractivity contribution in [1.82, 2.24) is 5.32 Å². The summed E-state index contributed by atoms with van der Waals surface area (Å²) in [5, 5.41) is 12.1. The number of carbonyl (C=O) groups excluding carboxylic acids is 1. The first-order chi connectivity index (χ1) is 12.3. The minimum absolute atomic E-state index is 0.147. The Morgan fingerprint density at radius 2 is 1.59 bits per heavy atom. The molecule has 2 rings (SSSR count). The molecule has 1 aliphatic rings. The molecule has 0 unspecified atom stereocenters. The van der Waals surface area contributed by atoms with Crippen LogP contribution >= 0.6 is 0 Å². The van der Waals surface area contributed by atoms with E-state index in [1.807, 2.05) is 45.9 Å². The molecule has 0 radical (unpaired) electrons. The smallest absolute Gasteiger partial charge is 0.478 e. The Kier molecular flexibility index (Phi) is 5.87. The first kappa shape index (κ1) is 21.2. The van der Waals surface area contributed by atoms with Gasteiger partial charge < -0.3 is 19.7 Å². The molecular weight excluding hydrogens is 345 g/mol. The largest absolute Gasteiger partial charge is 0.492 e. The molecule has 1 amide bonds. The van der Waals surface area contributed by atoms with Crippen molar-refractivity contribution in [3.8, 4) is 0 Å². The van der Waals surface area contributed by atoms with Gasteiger partial charge in [0.15, 0.2) is 0 Å². The summed E-state index contributed by atoms with van der Waals surface area (Å²) in [6.07, 6.45) is 1.89. The molecule has 1 saturated heterocycles. The van der Waals surface area contributed by atoms with E-state index in [2.05, 4.69) is 5.32 Å². The Morgan fingerprint density at radius 1 is 1.11 bits per heavy atom. The van der Waals surface area contributed by atoms with Gasteiger partial charge in [-0.25, -0.2) is 4.79 Å². The molecule has 0 saturated carbocycles. The fourth-order valence-corrected chi connectivity index (χ4v) is 3.06. The lowest BCUT2D eigenvalue weighted by Gasteiger charge is -2.32. The number of aromatic carboxylic acids is 1. The fourth-order valence-electron chi connectivity index (χ4n) is 3.06. The van der Waals surface area contributed by atoms with Crippen LogP contribution < -0.4 is 5.32 Å². The summed E-state index contributed by atoms with van der Waals surface area (Å²) < 4.78 is 12.2. The van der Waals surface area contributed by atoms with E-state index >= 15 is 0 Å². The van der Waals surface area contributed by atoms with Crippen LogP contribution in [0.1, 0.15) is 61.7 Å². The Labute approximate surface area is 161 Å². The van der Waals surface area contributed by atoms with E-state index in [1.165, 1.54) is 6.92 Å². The number of carboxylic acids is 1. The third-order valence-corrected chi connectivity index (χ3v) is 5.22. The van der Waals surface area contributed by atoms with E-state index in [1.54, 1.807) is 13.8 Å². The summed E-state index contributed by atoms with van der Waals surface area (Å²) in [5.74, 6) is -1.09. The van der Waals surface area contributed by atoms with Gasteiger partial charge in [-0.05, 0) is 63.7 Å². The average molecular weight is 373 g/mol. The molecule has 0 spiro atoms. The first-order valence-corrected chi connectivity index (χ1v) is 8.99. The molecule has 0 aromatic heterocycles. The monoisotopic (exact) mass is 373 g/mol. The van der Waals surface area contributed by atoms with Crippen LogP contribution in [-0.4, -0.2) is 41.8 Å². The SMILES string of the molecule is CC(=O)NCC(=Cc1cc(C)c(C(=O)O)c(C)c1)B1OC(C)(C)C(C)(C)O1. The first-order valence-electron chi connectivity index (χ1n) is 8.99. The number of nitrogens with one attached hydrogen (secondary N) is 1. The lowest BCUT2D eigenvalue weighted by atomic mass is 9.76. The Bertz CT molecular complexity index is 759. The van der Waals surface area contributed by atoms with Crippen molar-refractivity contribution in [3.05, 3.63) is 39.9 Å². The highest BCUT2D eigenvalue weighted by Crippen LogP contribution is 2.38. The van der Waals surface area contributed by atoms with Crippen LogP contribution in [-0.2, 0) is 14.1 Å². The zero-order valence-corrected chi connectivity index (χ0v) is 17.1. The minimum Gasteiger partial charge on any atom is -0.478 e. The summed E-state index contributed by atoms with van der Waals surface area (Å²) in [4.78, 5) is 22.8. The van der Waals surface area contributed by atoms with E-state index in [0.29, 0.717) is 16.7 Å². The van der Waals surface area contributed by atoms with Crippen LogP contribution in [0.15, 0.2) is 17.6 Å². The van der Waals surface area contributed by atoms with Gasteiger partial charge in [-0.2, -0.15) is 0 Å². The molecule has 0 aliphatic carbocycles. The van der Waals surface area contributed by atoms with Crippen LogP contribution in [0.4, 0.5) is 0 Å². The molecule has 6 nitrogen and oxygen atoms in total. The van der Waals surface area contributed by atoms with E-state index in [0.717, 1.165) is 11.0 Å². The highest BCUT2D eigenvalue weighted by Gasteiger charge is 2.52. The van der Waals surface area contributed by atoms with Gasteiger partial charge in [-0.3, -0.25) is 4.79 Å². The summed E-state index contributed by atoms with van der Waals surface area (Å²) in [6, 6.07) is 3.63. The van der Waals surface area contributed by atoms with E-state index in [-0.39, 0.29) is 12.5 Å². The van der Waals surface area contributed by atoms with Gasteiger partial charge in [0.2, 0.25) is 5.91 Å². The highest BCUT2D eigenvalue weighted by molar-refractivity contribution is 6.56. The second kappa shape index (κ2) is 7.48. The van der Waals surface area contributed by atoms with Crippen LogP contribution in [0.25, 0.3) is 6.08 Å². The van der Waals surface area contributed by atoms with Crippen molar-refractivity contribution >= 4 is 25.1 Å². The molecule has 1 heterocycles. The second-order valence-electron chi connectivity index (χ2n) is 8.05. The summed E-state index contributed by atoms with van der Waals surface area (Å²) >= 11 is 0. The predicted octanol–water partition coefficient (Wildman–Crippen LogP) is 3.15. The van der Waals surface area contributed by atoms with E-state index < -0.39 is 24.3 Å². The fraction of sp³-hybridized carbons (Fsp3) is 0.500. The quantitative estimate of drug-likeness (QED) is 0.775. The molecule has 2 N–H and O–H groups in total. The van der Waals surface area contributed by atoms with Gasteiger partial charge in [0.1, 0.15) is 0 Å². The molecule has 0 bridgehead atoms. The number of carboxylic acid groups (broad SMARTS) is 1. The number of aryl methyl sites for hydroxylation is 2. The standard InChI is InChI=1S/C20H28BNO5/c1-12-8-15(9-13(2)17(12)18(24)25)10-16(11-22-14(3)23)21-26-19(4,5)20(6,7)27-21/h8-10H,11H2,1-7H3,(H,22,23)(H,24,25). The number of rotatable bonds is 5. The third-order valence-electron chi connectivity index (χ3n) is 5.22. The summed E-state index contributed by atoms with van der Waals surface area (Å²) in [7, 11) is -0.596. The minimum atomic E-state index is -0.940. The van der Waals surface area contributed by atoms with Gasteiger partial charge in [0.05, 0.1) is 16.8 Å². The normalized spacial score (nSPS) is 18.5. The third kappa shape index (κ3) is 4.60. The molecule has 146 valence electrons. The molecule has 1 fully saturated rings. The van der Waals surface area contributed by atoms with Gasteiger partial charge in [0.25, 0.3) is 0 Å². The highest BCUT2D eigenvalue weighted by atomic mass is 16.7. The molecule has 1 aliphatic heterocycles. The van der Waals surface area contributed by atoms with Gasteiger partial charge in [-0.15, -0.1) is 0 Å².